The highest BCUT2D eigenvalue weighted by molar-refractivity contribution is 5.73. The molecule has 8 nitrogen and oxygen atoms in total. The molecule has 2 aliphatic heterocycles. The molecule has 0 aromatic rings. The molecule has 0 radical (unpaired) electrons. The second-order valence-electron chi connectivity index (χ2n) is 8.37. The van der Waals surface area contributed by atoms with Crippen LogP contribution in [0.3, 0.4) is 0 Å². The predicted octanol–water partition coefficient (Wildman–Crippen LogP) is -0.496. The number of likely N-dealkylation sites (tertiary alicyclic amines) is 1. The molecule has 0 aliphatic carbocycles. The summed E-state index contributed by atoms with van der Waals surface area (Å²) in [4.78, 5) is 13.4. The van der Waals surface area contributed by atoms with Crippen LogP contribution in [0.4, 0.5) is 0 Å². The Morgan fingerprint density at radius 2 is 1.75 bits per heavy atom. The number of aliphatic hydroxyl groups excluding tert-OH is 5. The highest BCUT2D eigenvalue weighted by Gasteiger charge is 2.39. The van der Waals surface area contributed by atoms with Crippen LogP contribution in [-0.2, 0) is 4.79 Å². The first-order valence-electron chi connectivity index (χ1n) is 10.7. The largest absolute Gasteiger partial charge is 0.395 e. The van der Waals surface area contributed by atoms with Crippen molar-refractivity contribution in [2.24, 2.45) is 0 Å². The van der Waals surface area contributed by atoms with Gasteiger partial charge in [-0.25, -0.2) is 0 Å². The molecule has 0 aromatic carbocycles. The number of hydrogen-bond donors (Lipinski definition) is 6. The smallest absolute Gasteiger partial charge is 0.219 e. The topological polar surface area (TPSA) is 133 Å². The van der Waals surface area contributed by atoms with E-state index in [4.69, 9.17) is 5.11 Å². The third kappa shape index (κ3) is 6.11. The fourth-order valence-electron chi connectivity index (χ4n) is 4.56. The molecular weight excluding hydrogens is 364 g/mol. The zero-order valence-electron chi connectivity index (χ0n) is 16.9. The Kier molecular flexibility index (Phi) is 9.59. The van der Waals surface area contributed by atoms with Crippen LogP contribution in [0.15, 0.2) is 0 Å². The van der Waals surface area contributed by atoms with Crippen molar-refractivity contribution in [3.05, 3.63) is 0 Å². The fraction of sp³-hybridized carbons (Fsp3) is 0.950. The van der Waals surface area contributed by atoms with Gasteiger partial charge in [0.25, 0.3) is 0 Å². The molecule has 1 amide bonds. The maximum atomic E-state index is 11.7. The summed E-state index contributed by atoms with van der Waals surface area (Å²) in [6.45, 7) is 1.96. The van der Waals surface area contributed by atoms with Crippen molar-refractivity contribution in [1.82, 2.24) is 10.2 Å². The molecule has 8 heteroatoms. The van der Waals surface area contributed by atoms with Gasteiger partial charge in [0.15, 0.2) is 0 Å². The van der Waals surface area contributed by atoms with Crippen LogP contribution in [-0.4, -0.2) is 92.0 Å². The summed E-state index contributed by atoms with van der Waals surface area (Å²) in [7, 11) is 0. The number of rotatable bonds is 10. The standard InChI is InChI=1S/C20H38N2O6/c1-13(24)22-11-7-6-9-16(22)20(28)17(25)10-5-3-2-4-8-14-18(26)19(27)15(12-23)21-14/h14-21,23,25-28H,2-12H2,1H3/t14-,15-,16-,17-,18-,19-,20-/m0/s1. The highest BCUT2D eigenvalue weighted by Crippen LogP contribution is 2.24. The lowest BCUT2D eigenvalue weighted by atomic mass is 9.92. The Morgan fingerprint density at radius 1 is 1.07 bits per heavy atom. The normalized spacial score (nSPS) is 33.1. The molecule has 0 saturated carbocycles. The van der Waals surface area contributed by atoms with Crippen LogP contribution in [0.25, 0.3) is 0 Å². The summed E-state index contributed by atoms with van der Waals surface area (Å²) in [5.41, 5.74) is 0. The average Bonchev–Trinajstić information content (AvgIpc) is 2.97. The van der Waals surface area contributed by atoms with Gasteiger partial charge in [-0.05, 0) is 32.1 Å². The van der Waals surface area contributed by atoms with E-state index in [0.717, 1.165) is 51.4 Å². The van der Waals surface area contributed by atoms with Gasteiger partial charge in [0.05, 0.1) is 37.0 Å². The zero-order valence-corrected chi connectivity index (χ0v) is 16.9. The van der Waals surface area contributed by atoms with E-state index in [-0.39, 0.29) is 24.6 Å². The minimum absolute atomic E-state index is 0.0489. The molecule has 164 valence electrons. The van der Waals surface area contributed by atoms with E-state index in [0.29, 0.717) is 13.0 Å². The molecule has 2 rings (SSSR count). The van der Waals surface area contributed by atoms with Crippen molar-refractivity contribution < 1.29 is 30.3 Å². The van der Waals surface area contributed by atoms with E-state index < -0.39 is 30.5 Å². The maximum Gasteiger partial charge on any atom is 0.219 e. The summed E-state index contributed by atoms with van der Waals surface area (Å²) in [5.74, 6) is -0.0489. The maximum absolute atomic E-state index is 11.7. The number of carbonyl (C=O) groups excluding carboxylic acids is 1. The summed E-state index contributed by atoms with van der Waals surface area (Å²) in [6.07, 6.45) is 3.83. The van der Waals surface area contributed by atoms with E-state index in [2.05, 4.69) is 5.32 Å². The van der Waals surface area contributed by atoms with Crippen LogP contribution in [0.5, 0.6) is 0 Å². The Bertz CT molecular complexity index is 480. The van der Waals surface area contributed by atoms with Crippen LogP contribution in [0, 0.1) is 0 Å². The molecule has 0 unspecified atom stereocenters. The van der Waals surface area contributed by atoms with Crippen molar-refractivity contribution in [1.29, 1.82) is 0 Å². The van der Waals surface area contributed by atoms with Crippen LogP contribution >= 0.6 is 0 Å². The number of nitrogens with zero attached hydrogens (tertiary/aromatic N) is 1. The molecule has 2 fully saturated rings. The van der Waals surface area contributed by atoms with Gasteiger partial charge in [-0.2, -0.15) is 0 Å². The highest BCUT2D eigenvalue weighted by atomic mass is 16.3. The first-order valence-corrected chi connectivity index (χ1v) is 10.7. The predicted molar refractivity (Wildman–Crippen MR) is 105 cm³/mol. The van der Waals surface area contributed by atoms with Crippen molar-refractivity contribution >= 4 is 5.91 Å². The second kappa shape index (κ2) is 11.4. The monoisotopic (exact) mass is 402 g/mol. The first-order chi connectivity index (χ1) is 13.4. The molecule has 2 saturated heterocycles. The molecule has 0 bridgehead atoms. The van der Waals surface area contributed by atoms with Gasteiger partial charge in [-0.15, -0.1) is 0 Å². The second-order valence-corrected chi connectivity index (χ2v) is 8.37. The van der Waals surface area contributed by atoms with E-state index in [1.807, 2.05) is 0 Å². The number of amides is 1. The molecule has 6 N–H and O–H groups in total. The average molecular weight is 403 g/mol. The Hall–Kier alpha value is -0.770. The third-order valence-corrected chi connectivity index (χ3v) is 6.31. The molecule has 28 heavy (non-hydrogen) atoms. The number of aliphatic hydroxyl groups is 5. The number of carbonyl (C=O) groups is 1. The van der Waals surface area contributed by atoms with Gasteiger partial charge in [0.2, 0.25) is 5.91 Å². The third-order valence-electron chi connectivity index (χ3n) is 6.31. The van der Waals surface area contributed by atoms with Crippen LogP contribution in [0.2, 0.25) is 0 Å². The lowest BCUT2D eigenvalue weighted by molar-refractivity contribution is -0.138. The Labute approximate surface area is 167 Å². The van der Waals surface area contributed by atoms with Crippen molar-refractivity contribution in [2.75, 3.05) is 13.2 Å². The Morgan fingerprint density at radius 3 is 2.39 bits per heavy atom. The molecular formula is C20H38N2O6. The quantitative estimate of drug-likeness (QED) is 0.272. The summed E-state index contributed by atoms with van der Waals surface area (Å²) >= 11 is 0. The number of unbranched alkanes of at least 4 members (excludes halogenated alkanes) is 3. The van der Waals surface area contributed by atoms with E-state index in [1.54, 1.807) is 4.90 Å². The van der Waals surface area contributed by atoms with Crippen molar-refractivity contribution in [2.45, 2.75) is 107 Å². The minimum atomic E-state index is -0.930. The lowest BCUT2D eigenvalue weighted by Crippen LogP contribution is -2.52. The molecule has 0 aromatic heterocycles. The minimum Gasteiger partial charge on any atom is -0.395 e. The first kappa shape index (κ1) is 23.5. The van der Waals surface area contributed by atoms with Gasteiger partial charge in [0.1, 0.15) is 6.10 Å². The van der Waals surface area contributed by atoms with Gasteiger partial charge in [-0.3, -0.25) is 4.79 Å². The van der Waals surface area contributed by atoms with Gasteiger partial charge in [0, 0.05) is 19.5 Å². The summed E-state index contributed by atoms with van der Waals surface area (Å²) in [5, 5.41) is 52.8. The SMILES string of the molecule is CC(=O)N1CCCC[C@H]1[C@H](O)[C@@H](O)CCCCCC[C@@H]1N[C@@H](CO)[C@H](O)[C@H]1O. The number of piperidine rings is 1. The van der Waals surface area contributed by atoms with E-state index >= 15 is 0 Å². The van der Waals surface area contributed by atoms with E-state index in [9.17, 15) is 25.2 Å². The van der Waals surface area contributed by atoms with Gasteiger partial charge in [-0.1, -0.05) is 25.7 Å². The lowest BCUT2D eigenvalue weighted by Gasteiger charge is -2.39. The number of hydrogen-bond acceptors (Lipinski definition) is 7. The molecule has 0 spiro atoms. The van der Waals surface area contributed by atoms with Crippen molar-refractivity contribution in [3.8, 4) is 0 Å². The zero-order chi connectivity index (χ0) is 20.7. The van der Waals surface area contributed by atoms with Gasteiger partial charge >= 0.3 is 0 Å². The molecule has 2 heterocycles. The van der Waals surface area contributed by atoms with Crippen molar-refractivity contribution in [3.63, 3.8) is 0 Å². The van der Waals surface area contributed by atoms with Crippen LogP contribution < -0.4 is 5.32 Å². The van der Waals surface area contributed by atoms with Gasteiger partial charge < -0.3 is 35.7 Å². The number of nitrogens with one attached hydrogen (secondary N) is 1. The molecule has 7 atom stereocenters. The summed E-state index contributed by atoms with van der Waals surface area (Å²) in [6, 6.07) is -0.962. The molecule has 2 aliphatic rings. The Balaban J connectivity index is 1.62. The fourth-order valence-corrected chi connectivity index (χ4v) is 4.56. The van der Waals surface area contributed by atoms with E-state index in [1.165, 1.54) is 6.92 Å². The van der Waals surface area contributed by atoms with Crippen LogP contribution in [0.1, 0.15) is 64.7 Å². The summed E-state index contributed by atoms with van der Waals surface area (Å²) < 4.78 is 0.